The zero-order valence-electron chi connectivity index (χ0n) is 15.5. The summed E-state index contributed by atoms with van der Waals surface area (Å²) in [6.45, 7) is 8.36. The minimum absolute atomic E-state index is 0.0696. The van der Waals surface area contributed by atoms with Gasteiger partial charge in [0.2, 0.25) is 0 Å². The van der Waals surface area contributed by atoms with Gasteiger partial charge in [0.05, 0.1) is 18.5 Å². The van der Waals surface area contributed by atoms with E-state index >= 15 is 0 Å². The normalized spacial score (nSPS) is 29.2. The summed E-state index contributed by atoms with van der Waals surface area (Å²) in [6, 6.07) is -0.662. The summed E-state index contributed by atoms with van der Waals surface area (Å²) in [4.78, 5) is 27.6. The number of esters is 1. The first-order chi connectivity index (χ1) is 12.0. The highest BCUT2D eigenvalue weighted by atomic mass is 19.3. The lowest BCUT2D eigenvalue weighted by atomic mass is 10.0. The van der Waals surface area contributed by atoms with Crippen LogP contribution in [0.1, 0.15) is 33.6 Å². The van der Waals surface area contributed by atoms with Gasteiger partial charge < -0.3 is 9.47 Å². The van der Waals surface area contributed by atoms with E-state index in [2.05, 4.69) is 6.58 Å². The van der Waals surface area contributed by atoms with Gasteiger partial charge in [-0.2, -0.15) is 0 Å². The average Bonchev–Trinajstić information content (AvgIpc) is 3.13. The molecule has 26 heavy (non-hydrogen) atoms. The summed E-state index contributed by atoms with van der Waals surface area (Å²) < 4.78 is 39.5. The van der Waals surface area contributed by atoms with Gasteiger partial charge in [-0.25, -0.2) is 13.6 Å². The van der Waals surface area contributed by atoms with Crippen molar-refractivity contribution in [3.05, 3.63) is 12.7 Å². The van der Waals surface area contributed by atoms with Crippen LogP contribution in [0.2, 0.25) is 0 Å². The van der Waals surface area contributed by atoms with Crippen LogP contribution in [0.5, 0.6) is 0 Å². The van der Waals surface area contributed by atoms with Crippen LogP contribution in [0.15, 0.2) is 12.7 Å². The summed E-state index contributed by atoms with van der Waals surface area (Å²) in [6.07, 6.45) is 1.91. The van der Waals surface area contributed by atoms with E-state index in [9.17, 15) is 18.4 Å². The number of carbonyl (C=O) groups is 2. The van der Waals surface area contributed by atoms with Gasteiger partial charge in [-0.1, -0.05) is 12.7 Å². The fraction of sp³-hybridized carbons (Fsp3) is 0.778. The molecule has 0 bridgehead atoms. The van der Waals surface area contributed by atoms with Crippen molar-refractivity contribution in [3.8, 4) is 0 Å². The third-order valence-electron chi connectivity index (χ3n) is 5.28. The Labute approximate surface area is 152 Å². The van der Waals surface area contributed by atoms with Crippen molar-refractivity contribution < 1.29 is 27.8 Å². The molecule has 1 amide bonds. The van der Waals surface area contributed by atoms with E-state index in [1.165, 1.54) is 6.08 Å². The van der Waals surface area contributed by atoms with E-state index in [0.717, 1.165) is 4.90 Å². The Morgan fingerprint density at radius 2 is 1.92 bits per heavy atom. The van der Waals surface area contributed by atoms with Gasteiger partial charge in [-0.15, -0.1) is 0 Å². The van der Waals surface area contributed by atoms with Crippen LogP contribution in [0.4, 0.5) is 13.6 Å². The molecular formula is C18H26F2N2O4. The van der Waals surface area contributed by atoms with Gasteiger partial charge in [-0.3, -0.25) is 14.6 Å². The van der Waals surface area contributed by atoms with Crippen LogP contribution in [-0.2, 0) is 14.3 Å². The molecule has 2 heterocycles. The highest BCUT2D eigenvalue weighted by Gasteiger charge is 2.66. The minimum atomic E-state index is -3.00. The van der Waals surface area contributed by atoms with Crippen LogP contribution < -0.4 is 0 Å². The number of hydrogen-bond acceptors (Lipinski definition) is 5. The molecule has 3 aliphatic rings. The number of alkyl halides is 2. The third kappa shape index (κ3) is 3.31. The largest absolute Gasteiger partial charge is 0.460 e. The minimum Gasteiger partial charge on any atom is -0.460 e. The van der Waals surface area contributed by atoms with Crippen molar-refractivity contribution in [2.24, 2.45) is 5.92 Å². The molecule has 0 aromatic heterocycles. The van der Waals surface area contributed by atoms with Crippen LogP contribution in [0, 0.1) is 5.92 Å². The third-order valence-corrected chi connectivity index (χ3v) is 5.28. The molecule has 0 unspecified atom stereocenters. The lowest BCUT2D eigenvalue weighted by Gasteiger charge is -2.30. The average molecular weight is 372 g/mol. The topological polar surface area (TPSA) is 59.1 Å². The van der Waals surface area contributed by atoms with Gasteiger partial charge in [0, 0.05) is 13.1 Å². The second kappa shape index (κ2) is 6.18. The zero-order valence-corrected chi connectivity index (χ0v) is 15.5. The quantitative estimate of drug-likeness (QED) is 0.560. The lowest BCUT2D eigenvalue weighted by molar-refractivity contribution is -0.150. The van der Waals surface area contributed by atoms with Gasteiger partial charge in [0.25, 0.3) is 5.92 Å². The van der Waals surface area contributed by atoms with Gasteiger partial charge in [-0.05, 0) is 33.6 Å². The molecular weight excluding hydrogens is 346 g/mol. The summed E-state index contributed by atoms with van der Waals surface area (Å²) >= 11 is 0. The Bertz CT molecular complexity index is 613. The molecule has 2 atom stereocenters. The van der Waals surface area contributed by atoms with E-state index in [1.54, 1.807) is 25.7 Å². The van der Waals surface area contributed by atoms with E-state index in [0.29, 0.717) is 12.8 Å². The van der Waals surface area contributed by atoms with E-state index in [4.69, 9.17) is 9.47 Å². The van der Waals surface area contributed by atoms with E-state index in [1.807, 2.05) is 0 Å². The van der Waals surface area contributed by atoms with Crippen molar-refractivity contribution in [3.63, 3.8) is 0 Å². The Morgan fingerprint density at radius 1 is 1.27 bits per heavy atom. The van der Waals surface area contributed by atoms with Crippen LogP contribution in [0.25, 0.3) is 0 Å². The SMILES string of the molecule is C=CCOC(=O)C1(N2C[C@@H]3[C@H](C2)N(C(=O)OC(C)(C)C)CC3(F)F)CC1. The molecule has 3 fully saturated rings. The number of carbonyl (C=O) groups excluding carboxylic acids is 2. The van der Waals surface area contributed by atoms with Crippen LogP contribution in [0.3, 0.4) is 0 Å². The lowest BCUT2D eigenvalue weighted by Crippen LogP contribution is -2.48. The number of rotatable bonds is 4. The first kappa shape index (κ1) is 19.1. The summed E-state index contributed by atoms with van der Waals surface area (Å²) in [7, 11) is 0. The fourth-order valence-electron chi connectivity index (χ4n) is 3.89. The van der Waals surface area contributed by atoms with Gasteiger partial charge in [0.15, 0.2) is 0 Å². The maximum atomic E-state index is 14.5. The van der Waals surface area contributed by atoms with Crippen molar-refractivity contribution in [2.75, 3.05) is 26.2 Å². The summed E-state index contributed by atoms with van der Waals surface area (Å²) in [5.74, 6) is -4.40. The Balaban J connectivity index is 1.74. The Morgan fingerprint density at radius 3 is 2.46 bits per heavy atom. The first-order valence-corrected chi connectivity index (χ1v) is 8.91. The van der Waals surface area contributed by atoms with Gasteiger partial charge in [0.1, 0.15) is 17.7 Å². The Hall–Kier alpha value is -1.70. The number of ether oxygens (including phenoxy) is 2. The first-order valence-electron chi connectivity index (χ1n) is 8.91. The molecule has 0 N–H and O–H groups in total. The smallest absolute Gasteiger partial charge is 0.410 e. The molecule has 2 saturated heterocycles. The molecule has 0 aromatic carbocycles. The number of amides is 1. The number of hydrogen-bond donors (Lipinski definition) is 0. The molecule has 3 rings (SSSR count). The second-order valence-electron chi connectivity index (χ2n) is 8.37. The fourth-order valence-corrected chi connectivity index (χ4v) is 3.89. The summed E-state index contributed by atoms with van der Waals surface area (Å²) in [5.41, 5.74) is -1.59. The number of nitrogens with zero attached hydrogens (tertiary/aromatic N) is 2. The summed E-state index contributed by atoms with van der Waals surface area (Å²) in [5, 5.41) is 0. The Kier molecular flexibility index (Phi) is 4.53. The second-order valence-corrected chi connectivity index (χ2v) is 8.37. The molecule has 2 aliphatic heterocycles. The van der Waals surface area contributed by atoms with Crippen molar-refractivity contribution in [2.45, 2.75) is 56.7 Å². The van der Waals surface area contributed by atoms with Crippen molar-refractivity contribution >= 4 is 12.1 Å². The highest BCUT2D eigenvalue weighted by molar-refractivity contribution is 5.84. The van der Waals surface area contributed by atoms with E-state index < -0.39 is 47.6 Å². The van der Waals surface area contributed by atoms with Crippen LogP contribution >= 0.6 is 0 Å². The molecule has 146 valence electrons. The van der Waals surface area contributed by atoms with Crippen molar-refractivity contribution in [1.82, 2.24) is 9.80 Å². The van der Waals surface area contributed by atoms with Gasteiger partial charge >= 0.3 is 12.1 Å². The maximum Gasteiger partial charge on any atom is 0.410 e. The highest BCUT2D eigenvalue weighted by Crippen LogP contribution is 2.50. The zero-order chi connectivity index (χ0) is 19.3. The number of likely N-dealkylation sites (tertiary alicyclic amines) is 2. The molecule has 8 heteroatoms. The monoisotopic (exact) mass is 372 g/mol. The maximum absolute atomic E-state index is 14.5. The standard InChI is InChI=1S/C18H26F2N2O4/c1-5-8-25-14(23)17(6-7-17)21-9-12-13(10-21)22(11-18(12,19)20)15(24)26-16(2,3)4/h5,12-13H,1,6-11H2,2-4H3/t12-,13+/m1/s1. The molecule has 0 aromatic rings. The predicted molar refractivity (Wildman–Crippen MR) is 89.9 cm³/mol. The van der Waals surface area contributed by atoms with Crippen LogP contribution in [-0.4, -0.2) is 71.2 Å². The van der Waals surface area contributed by atoms with Crippen molar-refractivity contribution in [1.29, 1.82) is 0 Å². The molecule has 0 spiro atoms. The molecule has 1 aliphatic carbocycles. The molecule has 0 radical (unpaired) electrons. The number of halogens is 2. The predicted octanol–water partition coefficient (Wildman–Crippen LogP) is 2.43. The number of fused-ring (bicyclic) bond motifs is 1. The van der Waals surface area contributed by atoms with E-state index in [-0.39, 0.29) is 19.7 Å². The molecule has 6 nitrogen and oxygen atoms in total. The molecule has 1 saturated carbocycles.